The zero-order valence-electron chi connectivity index (χ0n) is 31.6. The molecule has 232 valence electrons. The molecule has 0 saturated heterocycles. The van der Waals surface area contributed by atoms with E-state index >= 15 is 0 Å². The molecule has 1 aromatic heterocycles. The van der Waals surface area contributed by atoms with E-state index in [-0.39, 0.29) is 0 Å². The summed E-state index contributed by atoms with van der Waals surface area (Å²) in [5.41, 5.74) is 23.3. The number of benzene rings is 7. The maximum atomic E-state index is 5.44. The van der Waals surface area contributed by atoms with Crippen molar-refractivity contribution in [3.05, 3.63) is 97.1 Å². The van der Waals surface area contributed by atoms with Gasteiger partial charge in [0.25, 0.3) is 0 Å². The van der Waals surface area contributed by atoms with E-state index in [0.29, 0.717) is 0 Å². The Bertz CT molecular complexity index is 2700. The van der Waals surface area contributed by atoms with Crippen LogP contribution in [0.25, 0.3) is 71.9 Å². The molecule has 0 aliphatic heterocycles. The Morgan fingerprint density at radius 2 is 0.843 bits per heavy atom. The molecule has 2 nitrogen and oxygen atoms in total. The van der Waals surface area contributed by atoms with Crippen molar-refractivity contribution in [1.29, 1.82) is 0 Å². The lowest BCUT2D eigenvalue weighted by molar-refractivity contribution is 1.11. The van der Waals surface area contributed by atoms with E-state index in [1.165, 1.54) is 98.4 Å². The first-order valence-electron chi connectivity index (χ1n) is 18.2. The molecule has 0 saturated carbocycles. The van der Waals surface area contributed by atoms with E-state index in [2.05, 4.69) is 180 Å². The molecule has 51 heavy (non-hydrogen) atoms. The van der Waals surface area contributed by atoms with Gasteiger partial charge in [0.2, 0.25) is 0 Å². The highest BCUT2D eigenvalue weighted by atomic mass is 15.1. The fraction of sp³-hybridized carbons (Fsp3) is 0. The van der Waals surface area contributed by atoms with Crippen LogP contribution in [0.2, 0.25) is 0 Å². The number of para-hydroxylation sites is 3. The van der Waals surface area contributed by atoms with E-state index in [9.17, 15) is 0 Å². The standard InChI is InChI=1S/C39H36B10N2/c40-29-25(30(41)34(45)37(48)33(29)44)17-14-15-21-22(16-17)26(28-31(42)35(46)38(49)36(47)32(28)43)19-10-4-5-11-20(19)27(21)39-50-23-12-6-7-13-24(23)51(39)18-8-2-1-3-9-18/h1-16H,40-49H2. The molecule has 0 amide bonds. The normalized spacial score (nSPS) is 11.5. The molecule has 0 atom stereocenters. The van der Waals surface area contributed by atoms with Crippen LogP contribution in [0.5, 0.6) is 0 Å². The van der Waals surface area contributed by atoms with Gasteiger partial charge in [-0.3, -0.25) is 4.57 Å². The predicted molar refractivity (Wildman–Crippen MR) is 254 cm³/mol. The highest BCUT2D eigenvalue weighted by Gasteiger charge is 2.25. The van der Waals surface area contributed by atoms with Crippen molar-refractivity contribution in [3.63, 3.8) is 0 Å². The summed E-state index contributed by atoms with van der Waals surface area (Å²) < 4.78 is 2.35. The van der Waals surface area contributed by atoms with Crippen LogP contribution < -0.4 is 54.6 Å². The van der Waals surface area contributed by atoms with Gasteiger partial charge in [-0.05, 0) is 74.1 Å². The zero-order valence-corrected chi connectivity index (χ0v) is 31.6. The first-order chi connectivity index (χ1) is 24.5. The van der Waals surface area contributed by atoms with Crippen LogP contribution in [0.1, 0.15) is 0 Å². The summed E-state index contributed by atoms with van der Waals surface area (Å²) in [7, 11) is 22.9. The highest BCUT2D eigenvalue weighted by Crippen LogP contribution is 2.44. The molecule has 0 bridgehead atoms. The van der Waals surface area contributed by atoms with Crippen molar-refractivity contribution in [2.75, 3.05) is 0 Å². The topological polar surface area (TPSA) is 17.8 Å². The molecular weight excluding hydrogens is 605 g/mol. The predicted octanol–water partition coefficient (Wildman–Crippen LogP) is -7.08. The molecule has 8 rings (SSSR count). The van der Waals surface area contributed by atoms with Gasteiger partial charge in [-0.1, -0.05) is 88.6 Å². The van der Waals surface area contributed by atoms with Crippen molar-refractivity contribution in [3.8, 4) is 39.3 Å². The van der Waals surface area contributed by atoms with Gasteiger partial charge >= 0.3 is 0 Å². The number of hydrogen-bond donors (Lipinski definition) is 0. The van der Waals surface area contributed by atoms with Gasteiger partial charge in [0.1, 0.15) is 84.3 Å². The number of fused-ring (bicyclic) bond motifs is 3. The SMILES string of the molecule is Bc1c(B)c(B)c(-c2ccc3c(-c4nc5ccccc5n4-c4ccccc4)c4ccccc4c(-c4c(B)c(B)c(B)c(B)c4B)c3c2)c(B)c1B. The Labute approximate surface area is 310 Å². The third-order valence-corrected chi connectivity index (χ3v) is 12.4. The second kappa shape index (κ2) is 12.4. The second-order valence-electron chi connectivity index (χ2n) is 14.7. The first kappa shape index (κ1) is 33.3. The molecule has 1 heterocycles. The quantitative estimate of drug-likeness (QED) is 0.138. The Balaban J connectivity index is 1.61. The lowest BCUT2D eigenvalue weighted by atomic mass is 9.59. The molecule has 8 aromatic rings. The third kappa shape index (κ3) is 4.97. The molecule has 0 unspecified atom stereocenters. The largest absolute Gasteiger partial charge is 0.292 e. The fourth-order valence-electron chi connectivity index (χ4n) is 8.68. The molecule has 0 radical (unpaired) electrons. The summed E-state index contributed by atoms with van der Waals surface area (Å²) in [5.74, 6) is 0.960. The zero-order chi connectivity index (χ0) is 35.9. The number of aromatic nitrogens is 2. The van der Waals surface area contributed by atoms with E-state index in [1.807, 2.05) is 0 Å². The van der Waals surface area contributed by atoms with Crippen molar-refractivity contribution >= 4 is 166 Å². The van der Waals surface area contributed by atoms with E-state index in [0.717, 1.165) is 28.1 Å². The minimum atomic E-state index is 0.960. The van der Waals surface area contributed by atoms with Crippen LogP contribution in [0.3, 0.4) is 0 Å². The molecule has 0 aliphatic rings. The van der Waals surface area contributed by atoms with E-state index < -0.39 is 0 Å². The van der Waals surface area contributed by atoms with Crippen LogP contribution >= 0.6 is 0 Å². The summed E-state index contributed by atoms with van der Waals surface area (Å²) >= 11 is 0. The van der Waals surface area contributed by atoms with Gasteiger partial charge in [-0.15, -0.1) is 32.8 Å². The van der Waals surface area contributed by atoms with Crippen LogP contribution in [0.15, 0.2) is 97.1 Å². The molecule has 12 heteroatoms. The third-order valence-electron chi connectivity index (χ3n) is 12.4. The minimum Gasteiger partial charge on any atom is -0.292 e. The molecule has 0 aliphatic carbocycles. The maximum Gasteiger partial charge on any atom is 0.146 e. The van der Waals surface area contributed by atoms with Crippen molar-refractivity contribution < 1.29 is 0 Å². The Kier molecular flexibility index (Phi) is 8.13. The molecule has 0 fully saturated rings. The lowest BCUT2D eigenvalue weighted by Crippen LogP contribution is -2.55. The Hall–Kier alpha value is -4.82. The molecular formula is C39H36B10N2. The second-order valence-corrected chi connectivity index (χ2v) is 14.7. The van der Waals surface area contributed by atoms with Gasteiger partial charge in [0.15, 0.2) is 0 Å². The molecule has 0 spiro atoms. The van der Waals surface area contributed by atoms with Crippen LogP contribution in [-0.2, 0) is 0 Å². The Morgan fingerprint density at radius 1 is 0.373 bits per heavy atom. The van der Waals surface area contributed by atoms with Crippen molar-refractivity contribution in [2.45, 2.75) is 0 Å². The van der Waals surface area contributed by atoms with Crippen molar-refractivity contribution in [1.82, 2.24) is 9.55 Å². The van der Waals surface area contributed by atoms with Crippen LogP contribution in [-0.4, -0.2) is 88.0 Å². The Morgan fingerprint density at radius 3 is 1.45 bits per heavy atom. The van der Waals surface area contributed by atoms with Gasteiger partial charge in [-0.2, -0.15) is 0 Å². The average molecular weight is 641 g/mol. The summed E-state index contributed by atoms with van der Waals surface area (Å²) in [4.78, 5) is 5.44. The average Bonchev–Trinajstić information content (AvgIpc) is 3.54. The number of rotatable bonds is 4. The summed E-state index contributed by atoms with van der Waals surface area (Å²) in [6.07, 6.45) is 0. The fourth-order valence-corrected chi connectivity index (χ4v) is 8.68. The minimum absolute atomic E-state index is 0.960. The highest BCUT2D eigenvalue weighted by molar-refractivity contribution is 6.70. The lowest BCUT2D eigenvalue weighted by Gasteiger charge is -2.25. The maximum absolute atomic E-state index is 5.44. The first-order valence-corrected chi connectivity index (χ1v) is 18.2. The molecule has 0 N–H and O–H groups in total. The van der Waals surface area contributed by atoms with Crippen LogP contribution in [0.4, 0.5) is 0 Å². The smallest absolute Gasteiger partial charge is 0.146 e. The number of nitrogens with zero attached hydrogens (tertiary/aromatic N) is 2. The number of hydrogen-bond acceptors (Lipinski definition) is 1. The van der Waals surface area contributed by atoms with Gasteiger partial charge in [-0.25, -0.2) is 4.98 Å². The monoisotopic (exact) mass is 642 g/mol. The molecule has 7 aromatic carbocycles. The summed E-state index contributed by atoms with van der Waals surface area (Å²) in [6, 6.07) is 35.4. The van der Waals surface area contributed by atoms with E-state index in [4.69, 9.17) is 4.98 Å². The van der Waals surface area contributed by atoms with E-state index in [1.54, 1.807) is 0 Å². The van der Waals surface area contributed by atoms with Gasteiger partial charge in [0, 0.05) is 11.3 Å². The van der Waals surface area contributed by atoms with Gasteiger partial charge in [0.05, 0.1) is 11.0 Å². The summed E-state index contributed by atoms with van der Waals surface area (Å²) in [5, 5.41) is 4.94. The van der Waals surface area contributed by atoms with Crippen molar-refractivity contribution in [2.24, 2.45) is 0 Å². The van der Waals surface area contributed by atoms with Gasteiger partial charge < -0.3 is 0 Å². The van der Waals surface area contributed by atoms with Crippen LogP contribution in [0, 0.1) is 0 Å². The number of imidazole rings is 1. The summed E-state index contributed by atoms with van der Waals surface area (Å²) in [6.45, 7) is 0.